The van der Waals surface area contributed by atoms with Crippen LogP contribution in [-0.4, -0.2) is 69.8 Å². The fourth-order valence-corrected chi connectivity index (χ4v) is 2.24. The van der Waals surface area contributed by atoms with Gasteiger partial charge in [-0.1, -0.05) is 6.92 Å². The van der Waals surface area contributed by atoms with Gasteiger partial charge in [0.05, 0.1) is 13.2 Å². The second-order valence-electron chi connectivity index (χ2n) is 5.67. The molecule has 0 spiro atoms. The quantitative estimate of drug-likeness (QED) is 0.708. The smallest absolute Gasteiger partial charge is 0.0624 e. The minimum Gasteiger partial charge on any atom is -0.379 e. The van der Waals surface area contributed by atoms with E-state index in [-0.39, 0.29) is 11.5 Å². The van der Waals surface area contributed by atoms with Gasteiger partial charge < -0.3 is 20.3 Å². The predicted octanol–water partition coefficient (Wildman–Crippen LogP) is 0.234. The minimum absolute atomic E-state index is 0.132. The SMILES string of the molecule is CN(C)CCCN(C)CC1(C)COCC1N. The fourth-order valence-electron chi connectivity index (χ4n) is 2.24. The Morgan fingerprint density at radius 1 is 1.31 bits per heavy atom. The summed E-state index contributed by atoms with van der Waals surface area (Å²) in [7, 11) is 6.40. The molecule has 0 aromatic heterocycles. The van der Waals surface area contributed by atoms with E-state index in [4.69, 9.17) is 10.5 Å². The monoisotopic (exact) mass is 229 g/mol. The minimum atomic E-state index is 0.132. The van der Waals surface area contributed by atoms with E-state index < -0.39 is 0 Å². The topological polar surface area (TPSA) is 41.7 Å². The molecule has 0 saturated carbocycles. The molecule has 2 atom stereocenters. The highest BCUT2D eigenvalue weighted by Gasteiger charge is 2.38. The molecule has 0 aromatic rings. The Morgan fingerprint density at radius 3 is 2.50 bits per heavy atom. The van der Waals surface area contributed by atoms with Crippen molar-refractivity contribution in [3.63, 3.8) is 0 Å². The van der Waals surface area contributed by atoms with Crippen LogP contribution in [0.3, 0.4) is 0 Å². The molecule has 1 fully saturated rings. The van der Waals surface area contributed by atoms with Crippen molar-refractivity contribution >= 4 is 0 Å². The molecule has 1 aliphatic heterocycles. The Hall–Kier alpha value is -0.160. The lowest BCUT2D eigenvalue weighted by atomic mass is 9.85. The third-order valence-electron chi connectivity index (χ3n) is 3.40. The van der Waals surface area contributed by atoms with Gasteiger partial charge in [-0.3, -0.25) is 0 Å². The van der Waals surface area contributed by atoms with Crippen molar-refractivity contribution in [1.82, 2.24) is 9.80 Å². The molecule has 0 aromatic carbocycles. The standard InChI is InChI=1S/C12H27N3O/c1-12(10-16-8-11(12)13)9-15(4)7-5-6-14(2)3/h11H,5-10,13H2,1-4H3. The second-order valence-corrected chi connectivity index (χ2v) is 5.67. The molecule has 1 rings (SSSR count). The summed E-state index contributed by atoms with van der Waals surface area (Å²) in [6, 6.07) is 0.184. The Kier molecular flexibility index (Phi) is 5.18. The average molecular weight is 229 g/mol. The van der Waals surface area contributed by atoms with Gasteiger partial charge in [-0.2, -0.15) is 0 Å². The average Bonchev–Trinajstić information content (AvgIpc) is 2.46. The second kappa shape index (κ2) is 5.96. The van der Waals surface area contributed by atoms with E-state index in [0.29, 0.717) is 6.61 Å². The van der Waals surface area contributed by atoms with E-state index in [2.05, 4.69) is 37.9 Å². The maximum Gasteiger partial charge on any atom is 0.0624 e. The first-order chi connectivity index (χ1) is 7.44. The van der Waals surface area contributed by atoms with Crippen molar-refractivity contribution in [1.29, 1.82) is 0 Å². The molecular weight excluding hydrogens is 202 g/mol. The third-order valence-corrected chi connectivity index (χ3v) is 3.40. The van der Waals surface area contributed by atoms with Crippen molar-refractivity contribution < 1.29 is 4.74 Å². The molecule has 0 bridgehead atoms. The predicted molar refractivity (Wildman–Crippen MR) is 67.6 cm³/mol. The molecule has 1 saturated heterocycles. The van der Waals surface area contributed by atoms with Crippen LogP contribution < -0.4 is 5.73 Å². The van der Waals surface area contributed by atoms with Crippen LogP contribution in [-0.2, 0) is 4.74 Å². The number of rotatable bonds is 6. The zero-order chi connectivity index (χ0) is 12.2. The zero-order valence-electron chi connectivity index (χ0n) is 11.2. The summed E-state index contributed by atoms with van der Waals surface area (Å²) in [6.45, 7) is 7.03. The Morgan fingerprint density at radius 2 is 2.00 bits per heavy atom. The summed E-state index contributed by atoms with van der Waals surface area (Å²) in [5.41, 5.74) is 6.21. The first-order valence-corrected chi connectivity index (χ1v) is 6.11. The summed E-state index contributed by atoms with van der Waals surface area (Å²) < 4.78 is 5.46. The van der Waals surface area contributed by atoms with Crippen LogP contribution in [0.25, 0.3) is 0 Å². The number of hydrogen-bond acceptors (Lipinski definition) is 4. The molecule has 1 aliphatic rings. The van der Waals surface area contributed by atoms with Crippen molar-refractivity contribution in [2.75, 3.05) is 54.0 Å². The molecule has 4 nitrogen and oxygen atoms in total. The summed E-state index contributed by atoms with van der Waals surface area (Å²) in [6.07, 6.45) is 1.20. The van der Waals surface area contributed by atoms with Gasteiger partial charge >= 0.3 is 0 Å². The molecule has 0 amide bonds. The summed E-state index contributed by atoms with van der Waals surface area (Å²) >= 11 is 0. The number of ether oxygens (including phenoxy) is 1. The highest BCUT2D eigenvalue weighted by Crippen LogP contribution is 2.27. The van der Waals surface area contributed by atoms with Gasteiger partial charge in [-0.25, -0.2) is 0 Å². The molecule has 0 aliphatic carbocycles. The van der Waals surface area contributed by atoms with Gasteiger partial charge in [0.25, 0.3) is 0 Å². The highest BCUT2D eigenvalue weighted by atomic mass is 16.5. The molecule has 0 radical (unpaired) electrons. The van der Waals surface area contributed by atoms with Gasteiger partial charge in [-0.15, -0.1) is 0 Å². The lowest BCUT2D eigenvalue weighted by Gasteiger charge is -2.32. The third kappa shape index (κ3) is 4.01. The summed E-state index contributed by atoms with van der Waals surface area (Å²) in [4.78, 5) is 4.60. The van der Waals surface area contributed by atoms with Crippen LogP contribution in [0.2, 0.25) is 0 Å². The van der Waals surface area contributed by atoms with E-state index in [1.807, 2.05) is 0 Å². The molecule has 96 valence electrons. The van der Waals surface area contributed by atoms with Crippen LogP contribution >= 0.6 is 0 Å². The lowest BCUT2D eigenvalue weighted by molar-refractivity contribution is 0.129. The maximum atomic E-state index is 6.08. The van der Waals surface area contributed by atoms with E-state index in [1.165, 1.54) is 6.42 Å². The van der Waals surface area contributed by atoms with Gasteiger partial charge in [0.2, 0.25) is 0 Å². The Balaban J connectivity index is 2.25. The van der Waals surface area contributed by atoms with Crippen LogP contribution in [0.1, 0.15) is 13.3 Å². The van der Waals surface area contributed by atoms with Gasteiger partial charge in [0.15, 0.2) is 0 Å². The first-order valence-electron chi connectivity index (χ1n) is 6.11. The first kappa shape index (κ1) is 13.9. The lowest BCUT2D eigenvalue weighted by Crippen LogP contribution is -2.46. The van der Waals surface area contributed by atoms with Crippen LogP contribution in [0.5, 0.6) is 0 Å². The van der Waals surface area contributed by atoms with E-state index in [9.17, 15) is 0 Å². The van der Waals surface area contributed by atoms with Crippen molar-refractivity contribution in [2.45, 2.75) is 19.4 Å². The molecular formula is C12H27N3O. The van der Waals surface area contributed by atoms with E-state index in [1.54, 1.807) is 0 Å². The van der Waals surface area contributed by atoms with Crippen LogP contribution in [0.15, 0.2) is 0 Å². The van der Waals surface area contributed by atoms with Crippen molar-refractivity contribution in [2.24, 2.45) is 11.1 Å². The summed E-state index contributed by atoms with van der Waals surface area (Å²) in [5, 5.41) is 0. The van der Waals surface area contributed by atoms with Crippen molar-refractivity contribution in [3.05, 3.63) is 0 Å². The number of nitrogens with zero attached hydrogens (tertiary/aromatic N) is 2. The van der Waals surface area contributed by atoms with Gasteiger partial charge in [0.1, 0.15) is 0 Å². The van der Waals surface area contributed by atoms with Crippen molar-refractivity contribution in [3.8, 4) is 0 Å². The molecule has 2 N–H and O–H groups in total. The molecule has 4 heteroatoms. The summed E-state index contributed by atoms with van der Waals surface area (Å²) in [5.74, 6) is 0. The van der Waals surface area contributed by atoms with Gasteiger partial charge in [-0.05, 0) is 40.7 Å². The fraction of sp³-hybridized carbons (Fsp3) is 1.00. The molecule has 2 unspecified atom stereocenters. The molecule has 16 heavy (non-hydrogen) atoms. The van der Waals surface area contributed by atoms with Crippen LogP contribution in [0, 0.1) is 5.41 Å². The van der Waals surface area contributed by atoms with E-state index >= 15 is 0 Å². The number of nitrogens with two attached hydrogens (primary N) is 1. The highest BCUT2D eigenvalue weighted by molar-refractivity contribution is 4.91. The largest absolute Gasteiger partial charge is 0.379 e. The maximum absolute atomic E-state index is 6.08. The Bertz CT molecular complexity index is 210. The Labute approximate surface area is 99.7 Å². The normalized spacial score (nSPS) is 30.6. The van der Waals surface area contributed by atoms with E-state index in [0.717, 1.165) is 26.2 Å². The van der Waals surface area contributed by atoms with Gasteiger partial charge in [0, 0.05) is 18.0 Å². The number of hydrogen-bond donors (Lipinski definition) is 1. The zero-order valence-corrected chi connectivity index (χ0v) is 11.2. The molecule has 1 heterocycles. The van der Waals surface area contributed by atoms with Crippen LogP contribution in [0.4, 0.5) is 0 Å².